The first-order chi connectivity index (χ1) is 16.8. The van der Waals surface area contributed by atoms with Gasteiger partial charge in [-0.15, -0.1) is 11.3 Å². The molecule has 3 heterocycles. The minimum Gasteiger partial charge on any atom is -0.354 e. The lowest BCUT2D eigenvalue weighted by Gasteiger charge is -2.33. The highest BCUT2D eigenvalue weighted by Gasteiger charge is 2.42. The van der Waals surface area contributed by atoms with Crippen molar-refractivity contribution in [3.8, 4) is 0 Å². The number of nitrogens with one attached hydrogen (secondary N) is 2. The summed E-state index contributed by atoms with van der Waals surface area (Å²) in [6.45, 7) is 4.06. The molecule has 10 heteroatoms. The Labute approximate surface area is 207 Å². The van der Waals surface area contributed by atoms with E-state index in [0.717, 1.165) is 10.1 Å². The molecule has 2 amide bonds. The van der Waals surface area contributed by atoms with Crippen molar-refractivity contribution < 1.29 is 22.7 Å². The summed E-state index contributed by atoms with van der Waals surface area (Å²) in [5, 5.41) is 6.57. The Morgan fingerprint density at radius 2 is 1.91 bits per heavy atom. The van der Waals surface area contributed by atoms with Gasteiger partial charge in [-0.1, -0.05) is 24.8 Å². The first-order valence-electron chi connectivity index (χ1n) is 11.3. The number of carbonyl (C=O) groups is 2. The van der Waals surface area contributed by atoms with E-state index in [9.17, 15) is 18.0 Å². The van der Waals surface area contributed by atoms with Crippen molar-refractivity contribution in [2.24, 2.45) is 5.92 Å². The molecule has 3 atom stereocenters. The summed E-state index contributed by atoms with van der Waals surface area (Å²) in [6.07, 6.45) is 1.81. The van der Waals surface area contributed by atoms with Crippen molar-refractivity contribution in [2.45, 2.75) is 30.1 Å². The van der Waals surface area contributed by atoms with Crippen molar-refractivity contribution in [3.05, 3.63) is 72.1 Å². The topological polar surface area (TPSA) is 105 Å². The van der Waals surface area contributed by atoms with Crippen LogP contribution in [-0.4, -0.2) is 50.0 Å². The molecule has 0 radical (unpaired) electrons. The number of ether oxygens (including phenoxy) is 1. The zero-order chi connectivity index (χ0) is 24.6. The van der Waals surface area contributed by atoms with E-state index in [4.69, 9.17) is 4.74 Å². The van der Waals surface area contributed by atoms with Crippen molar-refractivity contribution in [2.75, 3.05) is 18.4 Å². The maximum Gasteiger partial charge on any atom is 0.265 e. The third-order valence-corrected chi connectivity index (χ3v) is 9.40. The lowest BCUT2D eigenvalue weighted by atomic mass is 9.94. The Kier molecular flexibility index (Phi) is 6.45. The van der Waals surface area contributed by atoms with Crippen LogP contribution in [0.15, 0.2) is 72.1 Å². The summed E-state index contributed by atoms with van der Waals surface area (Å²) in [4.78, 5) is 25.0. The maximum absolute atomic E-state index is 13.2. The second kappa shape index (κ2) is 9.54. The maximum atomic E-state index is 13.2. The number of rotatable bonds is 6. The van der Waals surface area contributed by atoms with E-state index < -0.39 is 16.3 Å². The van der Waals surface area contributed by atoms with Crippen LogP contribution in [0.5, 0.6) is 0 Å². The number of sulfonamides is 1. The van der Waals surface area contributed by atoms with Gasteiger partial charge in [-0.25, -0.2) is 8.42 Å². The summed E-state index contributed by atoms with van der Waals surface area (Å²) in [5.74, 6) is -0.346. The molecule has 0 bridgehead atoms. The molecule has 2 aliphatic heterocycles. The highest BCUT2D eigenvalue weighted by molar-refractivity contribution is 7.89. The van der Waals surface area contributed by atoms with E-state index in [1.807, 2.05) is 30.3 Å². The van der Waals surface area contributed by atoms with Gasteiger partial charge in [-0.05, 0) is 66.6 Å². The van der Waals surface area contributed by atoms with Crippen LogP contribution >= 0.6 is 11.3 Å². The van der Waals surface area contributed by atoms with E-state index in [1.54, 1.807) is 12.1 Å². The van der Waals surface area contributed by atoms with Gasteiger partial charge in [0.05, 0.1) is 15.9 Å². The molecular formula is C25H25N3O5S2. The zero-order valence-corrected chi connectivity index (χ0v) is 20.5. The third-order valence-electron chi connectivity index (χ3n) is 6.40. The summed E-state index contributed by atoms with van der Waals surface area (Å²) < 4.78 is 34.8. The minimum atomic E-state index is -3.72. The summed E-state index contributed by atoms with van der Waals surface area (Å²) in [5.41, 5.74) is 0.519. The van der Waals surface area contributed by atoms with Crippen molar-refractivity contribution in [3.63, 3.8) is 0 Å². The molecule has 8 nitrogen and oxygen atoms in total. The first kappa shape index (κ1) is 23.7. The molecule has 0 aliphatic carbocycles. The molecule has 5 rings (SSSR count). The van der Waals surface area contributed by atoms with Crippen LogP contribution in [0.25, 0.3) is 10.1 Å². The van der Waals surface area contributed by atoms with Crippen molar-refractivity contribution in [1.29, 1.82) is 0 Å². The van der Waals surface area contributed by atoms with Crippen LogP contribution < -0.4 is 10.6 Å². The van der Waals surface area contributed by atoms with Crippen LogP contribution in [0, 0.1) is 5.92 Å². The Bertz CT molecular complexity index is 1350. The van der Waals surface area contributed by atoms with E-state index in [0.29, 0.717) is 30.0 Å². The molecule has 1 aromatic heterocycles. The van der Waals surface area contributed by atoms with Gasteiger partial charge in [-0.3, -0.25) is 9.59 Å². The quantitative estimate of drug-likeness (QED) is 0.492. The highest BCUT2D eigenvalue weighted by atomic mass is 32.2. The van der Waals surface area contributed by atoms with Gasteiger partial charge in [0.15, 0.2) is 0 Å². The van der Waals surface area contributed by atoms with Crippen LogP contribution in [0.4, 0.5) is 5.69 Å². The Morgan fingerprint density at radius 1 is 1.14 bits per heavy atom. The van der Waals surface area contributed by atoms with E-state index in [1.165, 1.54) is 33.9 Å². The largest absolute Gasteiger partial charge is 0.354 e. The lowest BCUT2D eigenvalue weighted by molar-refractivity contribution is -0.120. The monoisotopic (exact) mass is 511 g/mol. The molecule has 182 valence electrons. The van der Waals surface area contributed by atoms with Gasteiger partial charge in [-0.2, -0.15) is 4.31 Å². The predicted molar refractivity (Wildman–Crippen MR) is 135 cm³/mol. The number of piperidine rings is 1. The number of carbonyl (C=O) groups excluding carboxylic acids is 2. The lowest BCUT2D eigenvalue weighted by Crippen LogP contribution is -2.45. The first-order valence-corrected chi connectivity index (χ1v) is 13.6. The number of nitrogens with zero attached hydrogens (tertiary/aromatic N) is 1. The van der Waals surface area contributed by atoms with E-state index >= 15 is 0 Å². The minimum absolute atomic E-state index is 0.158. The average molecular weight is 512 g/mol. The molecule has 2 aliphatic rings. The van der Waals surface area contributed by atoms with Gasteiger partial charge in [0.2, 0.25) is 15.9 Å². The fraction of sp³-hybridized carbons (Fsp3) is 0.280. The fourth-order valence-electron chi connectivity index (χ4n) is 4.58. The van der Waals surface area contributed by atoms with Crippen LogP contribution in [0.2, 0.25) is 0 Å². The molecule has 3 unspecified atom stereocenters. The van der Waals surface area contributed by atoms with Crippen molar-refractivity contribution in [1.82, 2.24) is 9.62 Å². The number of amides is 2. The number of benzene rings is 2. The number of hydrogen-bond acceptors (Lipinski definition) is 6. The molecule has 0 spiro atoms. The Balaban J connectivity index is 1.23. The average Bonchev–Trinajstić information content (AvgIpc) is 3.47. The van der Waals surface area contributed by atoms with Gasteiger partial charge in [0, 0.05) is 23.5 Å². The smallest absolute Gasteiger partial charge is 0.265 e. The fourth-order valence-corrected chi connectivity index (χ4v) is 7.00. The Morgan fingerprint density at radius 3 is 2.66 bits per heavy atom. The summed E-state index contributed by atoms with van der Waals surface area (Å²) in [6, 6.07) is 15.8. The molecule has 2 N–H and O–H groups in total. The molecule has 35 heavy (non-hydrogen) atoms. The molecule has 3 aromatic rings. The SMILES string of the molecule is C=CC(=O)NC1CC2CCN(S(=O)(=O)c3ccc(NC(=O)c4cc5ccccc5s4)cc3)CC2O1. The standard InChI is InChI=1S/C25H25N3O5S2/c1-2-23(29)27-24-14-16-11-12-28(15-20(16)33-24)35(31,32)19-9-7-18(8-10-19)26-25(30)22-13-17-5-3-4-6-21(17)34-22/h2-10,13,16,20,24H,1,11-12,14-15H2,(H,26,30)(H,27,29). The van der Waals surface area contributed by atoms with Crippen LogP contribution in [0.1, 0.15) is 22.5 Å². The predicted octanol–water partition coefficient (Wildman–Crippen LogP) is 3.58. The van der Waals surface area contributed by atoms with Crippen LogP contribution in [0.3, 0.4) is 0 Å². The highest BCUT2D eigenvalue weighted by Crippen LogP contribution is 2.34. The molecule has 0 saturated carbocycles. The van der Waals surface area contributed by atoms with E-state index in [-0.39, 0.29) is 35.3 Å². The van der Waals surface area contributed by atoms with Gasteiger partial charge < -0.3 is 15.4 Å². The normalized spacial score (nSPS) is 22.5. The molecule has 2 saturated heterocycles. The number of fused-ring (bicyclic) bond motifs is 2. The Hall–Kier alpha value is -3.05. The number of anilines is 1. The van der Waals surface area contributed by atoms with Gasteiger partial charge in [0.1, 0.15) is 6.23 Å². The number of thiophene rings is 1. The van der Waals surface area contributed by atoms with E-state index in [2.05, 4.69) is 17.2 Å². The summed E-state index contributed by atoms with van der Waals surface area (Å²) >= 11 is 1.41. The van der Waals surface area contributed by atoms with Crippen LogP contribution in [-0.2, 0) is 19.6 Å². The molecule has 2 fully saturated rings. The second-order valence-corrected chi connectivity index (χ2v) is 11.7. The van der Waals surface area contributed by atoms with Gasteiger partial charge >= 0.3 is 0 Å². The van der Waals surface area contributed by atoms with Crippen molar-refractivity contribution >= 4 is 48.9 Å². The molecule has 2 aromatic carbocycles. The zero-order valence-electron chi connectivity index (χ0n) is 18.8. The van der Waals surface area contributed by atoms with Gasteiger partial charge in [0.25, 0.3) is 5.91 Å². The third kappa shape index (κ3) is 4.87. The second-order valence-electron chi connectivity index (χ2n) is 8.65. The number of hydrogen-bond donors (Lipinski definition) is 2. The molecular weight excluding hydrogens is 486 g/mol. The summed E-state index contributed by atoms with van der Waals surface area (Å²) in [7, 11) is -3.72.